The summed E-state index contributed by atoms with van der Waals surface area (Å²) in [6, 6.07) is 52.0. The summed E-state index contributed by atoms with van der Waals surface area (Å²) in [4.78, 5) is 60.7. The SMILES string of the molecule is C.O=C(N[C@@H](Cc1ccccc1)C(=O)Cc1ccc(S(=O)(=O)Cl)cc1)c1ccccn1.O=C(N[C@@H](Cc1ccccc1)C(=O)Cc1ccc(SCc2ccccc2)cc1)c1ccccn1. The summed E-state index contributed by atoms with van der Waals surface area (Å²) in [6.45, 7) is 0. The molecule has 0 aliphatic heterocycles. The van der Waals surface area contributed by atoms with Gasteiger partial charge in [-0.2, -0.15) is 0 Å². The summed E-state index contributed by atoms with van der Waals surface area (Å²) in [5.41, 5.74) is 5.25. The highest BCUT2D eigenvalue weighted by molar-refractivity contribution is 8.13. The van der Waals surface area contributed by atoms with Crippen molar-refractivity contribution < 1.29 is 27.6 Å². The molecule has 2 amide bonds. The van der Waals surface area contributed by atoms with Crippen LogP contribution in [0.15, 0.2) is 198 Å². The number of nitrogens with one attached hydrogen (secondary N) is 2. The quantitative estimate of drug-likeness (QED) is 0.0634. The molecule has 0 radical (unpaired) electrons. The summed E-state index contributed by atoms with van der Waals surface area (Å²) < 4.78 is 22.8. The number of pyridine rings is 2. The van der Waals surface area contributed by atoms with E-state index in [1.54, 1.807) is 54.4 Å². The Morgan fingerprint density at radius 2 is 0.877 bits per heavy atom. The van der Waals surface area contributed by atoms with Gasteiger partial charge in [-0.05, 0) is 89.2 Å². The first-order valence-electron chi connectivity index (χ1n) is 20.4. The summed E-state index contributed by atoms with van der Waals surface area (Å²) in [7, 11) is 1.50. The van der Waals surface area contributed by atoms with Crippen molar-refractivity contribution in [2.75, 3.05) is 0 Å². The van der Waals surface area contributed by atoms with Gasteiger partial charge < -0.3 is 10.6 Å². The van der Waals surface area contributed by atoms with Crippen molar-refractivity contribution in [1.29, 1.82) is 0 Å². The molecule has 0 bridgehead atoms. The Morgan fingerprint density at radius 3 is 1.26 bits per heavy atom. The van der Waals surface area contributed by atoms with E-state index in [1.807, 2.05) is 91.0 Å². The molecule has 0 aliphatic carbocycles. The molecule has 0 aliphatic rings. The second kappa shape index (κ2) is 24.9. The van der Waals surface area contributed by atoms with Gasteiger partial charge in [0.25, 0.3) is 20.9 Å². The van der Waals surface area contributed by atoms with Crippen LogP contribution in [0.1, 0.15) is 56.2 Å². The summed E-state index contributed by atoms with van der Waals surface area (Å²) in [6.07, 6.45) is 4.12. The highest BCUT2D eigenvalue weighted by atomic mass is 35.7. The number of rotatable bonds is 18. The third kappa shape index (κ3) is 16.1. The van der Waals surface area contributed by atoms with Crippen LogP contribution in [0.5, 0.6) is 0 Å². The van der Waals surface area contributed by atoms with Crippen molar-refractivity contribution in [3.63, 3.8) is 0 Å². The fraction of sp³-hybridized carbons (Fsp3) is 0.154. The van der Waals surface area contributed by atoms with Gasteiger partial charge in [0.2, 0.25) is 0 Å². The lowest BCUT2D eigenvalue weighted by Gasteiger charge is -2.18. The molecule has 0 fully saturated rings. The molecule has 0 unspecified atom stereocenters. The molecule has 7 aromatic rings. The van der Waals surface area contributed by atoms with Crippen molar-refractivity contribution >= 4 is 54.9 Å². The van der Waals surface area contributed by atoms with Crippen molar-refractivity contribution in [2.24, 2.45) is 0 Å². The molecule has 0 spiro atoms. The second-order valence-corrected chi connectivity index (χ2v) is 18.3. The Morgan fingerprint density at radius 1 is 0.492 bits per heavy atom. The minimum absolute atomic E-state index is 0. The number of hydrogen-bond donors (Lipinski definition) is 2. The van der Waals surface area contributed by atoms with E-state index in [0.717, 1.165) is 27.3 Å². The van der Waals surface area contributed by atoms with Crippen LogP contribution in [0, 0.1) is 0 Å². The molecule has 2 N–H and O–H groups in total. The number of nitrogens with zero attached hydrogens (tertiary/aromatic N) is 2. The highest BCUT2D eigenvalue weighted by Crippen LogP contribution is 2.23. The Kier molecular flexibility index (Phi) is 18.9. The highest BCUT2D eigenvalue weighted by Gasteiger charge is 2.24. The normalized spacial score (nSPS) is 11.6. The van der Waals surface area contributed by atoms with E-state index in [-0.39, 0.29) is 48.3 Å². The van der Waals surface area contributed by atoms with Gasteiger partial charge in [-0.25, -0.2) is 8.42 Å². The molecule has 5 aromatic carbocycles. The van der Waals surface area contributed by atoms with E-state index in [0.29, 0.717) is 24.1 Å². The van der Waals surface area contributed by atoms with Crippen molar-refractivity contribution in [2.45, 2.75) is 60.7 Å². The summed E-state index contributed by atoms with van der Waals surface area (Å²) in [5, 5.41) is 5.67. The fourth-order valence-electron chi connectivity index (χ4n) is 6.51. The molecular weight excluding hydrogens is 876 g/mol. The zero-order chi connectivity index (χ0) is 45.2. The van der Waals surface area contributed by atoms with Gasteiger partial charge in [-0.15, -0.1) is 11.8 Å². The van der Waals surface area contributed by atoms with Gasteiger partial charge in [0.15, 0.2) is 11.6 Å². The van der Waals surface area contributed by atoms with Crippen LogP contribution in [-0.2, 0) is 50.1 Å². The second-order valence-electron chi connectivity index (χ2n) is 14.6. The van der Waals surface area contributed by atoms with Crippen molar-refractivity contribution in [3.8, 4) is 0 Å². The number of benzene rings is 5. The van der Waals surface area contributed by atoms with Crippen LogP contribution >= 0.6 is 22.4 Å². The number of ketones is 2. The van der Waals surface area contributed by atoms with E-state index in [1.165, 1.54) is 36.0 Å². The summed E-state index contributed by atoms with van der Waals surface area (Å²) in [5.74, 6) is -0.115. The first-order valence-corrected chi connectivity index (χ1v) is 23.7. The molecule has 7 rings (SSSR count). The molecule has 0 saturated carbocycles. The molecule has 65 heavy (non-hydrogen) atoms. The van der Waals surface area contributed by atoms with Gasteiger partial charge >= 0.3 is 0 Å². The zero-order valence-electron chi connectivity index (χ0n) is 34.6. The third-order valence-corrected chi connectivity index (χ3v) is 12.3. The van der Waals surface area contributed by atoms with Crippen LogP contribution in [0.4, 0.5) is 0 Å². The van der Waals surface area contributed by atoms with E-state index < -0.39 is 27.0 Å². The average Bonchev–Trinajstić information content (AvgIpc) is 3.32. The van der Waals surface area contributed by atoms with Gasteiger partial charge in [0, 0.05) is 46.6 Å². The molecule has 2 atom stereocenters. The van der Waals surface area contributed by atoms with E-state index in [4.69, 9.17) is 10.7 Å². The first-order chi connectivity index (χ1) is 31.0. The summed E-state index contributed by atoms with van der Waals surface area (Å²) >= 11 is 1.77. The number of aromatic nitrogens is 2. The van der Waals surface area contributed by atoms with E-state index in [2.05, 4.69) is 44.9 Å². The zero-order valence-corrected chi connectivity index (χ0v) is 37.0. The Hall–Kier alpha value is -6.73. The molecular formula is C52H49ClN4O6S2. The molecule has 2 aromatic heterocycles. The third-order valence-electron chi connectivity index (χ3n) is 9.88. The maximum atomic E-state index is 13.2. The number of Topliss-reactive ketones (excluding diaryl/α,β-unsaturated/α-hetero) is 2. The van der Waals surface area contributed by atoms with Gasteiger partial charge in [0.1, 0.15) is 11.4 Å². The first kappa shape index (κ1) is 49.3. The number of hydrogen-bond acceptors (Lipinski definition) is 9. The maximum Gasteiger partial charge on any atom is 0.270 e. The standard InChI is InChI=1S/C29H26N2O2S.C22H19ClN2O4S.CH4/c32-28(20-23-14-16-25(17-15-23)34-21-24-11-5-2-6-12-24)27(19-22-9-3-1-4-10-22)31-29(33)26-13-7-8-18-30-26;23-30(28,29)18-11-9-17(10-12-18)15-21(26)20(14-16-6-2-1-3-7-16)25-22(27)19-8-4-5-13-24-19;/h1-18,27H,19-21H2,(H,31,33);1-13,20H,14-15H2,(H,25,27);1H4/t27-;20-;/m00./s1. The molecule has 2 heterocycles. The van der Waals surface area contributed by atoms with Crippen LogP contribution in [-0.4, -0.2) is 53.9 Å². The number of amides is 2. The molecule has 332 valence electrons. The van der Waals surface area contributed by atoms with Crippen LogP contribution in [0.2, 0.25) is 0 Å². The topological polar surface area (TPSA) is 152 Å². The number of thioether (sulfide) groups is 1. The van der Waals surface area contributed by atoms with Gasteiger partial charge in [0.05, 0.1) is 17.0 Å². The largest absolute Gasteiger partial charge is 0.341 e. The molecule has 0 saturated heterocycles. The number of halogens is 1. The average molecular weight is 926 g/mol. The predicted octanol–water partition coefficient (Wildman–Crippen LogP) is 9.32. The number of carbonyl (C=O) groups is 4. The lowest BCUT2D eigenvalue weighted by Crippen LogP contribution is -2.43. The van der Waals surface area contributed by atoms with E-state index >= 15 is 0 Å². The Bertz CT molecular complexity index is 2700. The lowest BCUT2D eigenvalue weighted by molar-refractivity contribution is -0.121. The predicted molar refractivity (Wildman–Crippen MR) is 257 cm³/mol. The minimum Gasteiger partial charge on any atom is -0.341 e. The van der Waals surface area contributed by atoms with Gasteiger partial charge in [-0.3, -0.25) is 29.1 Å². The molecule has 13 heteroatoms. The van der Waals surface area contributed by atoms with Crippen LogP contribution in [0.25, 0.3) is 0 Å². The Balaban J connectivity index is 0.000000242. The maximum absolute atomic E-state index is 13.2. The van der Waals surface area contributed by atoms with Crippen molar-refractivity contribution in [3.05, 3.63) is 228 Å². The van der Waals surface area contributed by atoms with E-state index in [9.17, 15) is 27.6 Å². The van der Waals surface area contributed by atoms with Crippen LogP contribution < -0.4 is 10.6 Å². The molecule has 10 nitrogen and oxygen atoms in total. The Labute approximate surface area is 389 Å². The number of carbonyl (C=O) groups excluding carboxylic acids is 4. The van der Waals surface area contributed by atoms with Crippen molar-refractivity contribution in [1.82, 2.24) is 20.6 Å². The monoisotopic (exact) mass is 924 g/mol. The minimum atomic E-state index is -3.83. The van der Waals surface area contributed by atoms with Crippen LogP contribution in [0.3, 0.4) is 0 Å². The lowest BCUT2D eigenvalue weighted by atomic mass is 9.97. The van der Waals surface area contributed by atoms with Gasteiger partial charge in [-0.1, -0.05) is 135 Å². The smallest absolute Gasteiger partial charge is 0.270 e. The fourth-order valence-corrected chi connectivity index (χ4v) is 8.14.